The van der Waals surface area contributed by atoms with E-state index in [4.69, 9.17) is 4.74 Å². The summed E-state index contributed by atoms with van der Waals surface area (Å²) in [6.45, 7) is 5.10. The maximum Gasteiger partial charge on any atom is 0.285 e. The van der Waals surface area contributed by atoms with Crippen LogP contribution >= 0.6 is 0 Å². The van der Waals surface area contributed by atoms with Crippen molar-refractivity contribution in [2.24, 2.45) is 4.40 Å². The van der Waals surface area contributed by atoms with Gasteiger partial charge in [0.05, 0.1) is 13.2 Å². The molecule has 0 fully saturated rings. The summed E-state index contributed by atoms with van der Waals surface area (Å²) in [5.74, 6) is 0.470. The number of benzene rings is 1. The van der Waals surface area contributed by atoms with Crippen LogP contribution in [0, 0.1) is 0 Å². The standard InChI is InChI=1S/C13H16N2O3S.ClH/c1-3-9-18-10-8-15(2)13-11-6-4-5-7-12(11)19(16,17)14-13;/h3-7H,1,8-10H2,2H3;1H/p-1. The van der Waals surface area contributed by atoms with Gasteiger partial charge in [0.2, 0.25) is 0 Å². The van der Waals surface area contributed by atoms with Gasteiger partial charge in [0.25, 0.3) is 10.0 Å². The number of hydrogen-bond acceptors (Lipinski definition) is 4. The summed E-state index contributed by atoms with van der Waals surface area (Å²) in [4.78, 5) is 2.05. The predicted octanol–water partition coefficient (Wildman–Crippen LogP) is -1.73. The quantitative estimate of drug-likeness (QED) is 0.479. The van der Waals surface area contributed by atoms with E-state index in [0.29, 0.717) is 31.2 Å². The van der Waals surface area contributed by atoms with Gasteiger partial charge >= 0.3 is 0 Å². The molecule has 7 heteroatoms. The summed E-state index contributed by atoms with van der Waals surface area (Å²) >= 11 is 0. The molecule has 0 saturated heterocycles. The Labute approximate surface area is 125 Å². The van der Waals surface area contributed by atoms with Gasteiger partial charge in [0.15, 0.2) is 5.84 Å². The van der Waals surface area contributed by atoms with Gasteiger partial charge in [-0.15, -0.1) is 11.0 Å². The Morgan fingerprint density at radius 1 is 1.40 bits per heavy atom. The fraction of sp³-hybridized carbons (Fsp3) is 0.308. The SMILES string of the molecule is C=CCOCCN(C)C1=NS(=O)(=O)c2ccccc21.[Cl-]. The van der Waals surface area contributed by atoms with Crippen LogP contribution in [0.25, 0.3) is 0 Å². The lowest BCUT2D eigenvalue weighted by Crippen LogP contribution is -3.00. The summed E-state index contributed by atoms with van der Waals surface area (Å²) < 4.78 is 32.9. The third kappa shape index (κ3) is 3.39. The van der Waals surface area contributed by atoms with E-state index in [2.05, 4.69) is 11.0 Å². The first-order valence-electron chi connectivity index (χ1n) is 5.90. The number of sulfonamides is 1. The van der Waals surface area contributed by atoms with E-state index < -0.39 is 10.0 Å². The topological polar surface area (TPSA) is 59.0 Å². The zero-order valence-corrected chi connectivity index (χ0v) is 12.7. The molecule has 2 rings (SSSR count). The van der Waals surface area contributed by atoms with Gasteiger partial charge in [-0.25, -0.2) is 0 Å². The van der Waals surface area contributed by atoms with E-state index in [0.717, 1.165) is 0 Å². The number of likely N-dealkylation sites (N-methyl/N-ethyl adjacent to an activating group) is 1. The highest BCUT2D eigenvalue weighted by molar-refractivity contribution is 7.90. The van der Waals surface area contributed by atoms with Gasteiger partial charge in [-0.2, -0.15) is 8.42 Å². The molecule has 0 bridgehead atoms. The van der Waals surface area contributed by atoms with Crippen LogP contribution in [0.5, 0.6) is 0 Å². The van der Waals surface area contributed by atoms with Crippen LogP contribution in [-0.4, -0.2) is 46.0 Å². The zero-order chi connectivity index (χ0) is 13.9. The van der Waals surface area contributed by atoms with E-state index in [1.54, 1.807) is 42.3 Å². The molecule has 110 valence electrons. The van der Waals surface area contributed by atoms with Crippen LogP contribution < -0.4 is 12.4 Å². The van der Waals surface area contributed by atoms with Crippen molar-refractivity contribution in [2.45, 2.75) is 4.90 Å². The normalized spacial score (nSPS) is 14.9. The van der Waals surface area contributed by atoms with Crippen molar-refractivity contribution in [3.8, 4) is 0 Å². The predicted molar refractivity (Wildman–Crippen MR) is 73.8 cm³/mol. The van der Waals surface area contributed by atoms with E-state index in [-0.39, 0.29) is 17.3 Å². The smallest absolute Gasteiger partial charge is 0.285 e. The molecular formula is C13H16ClN2O3S-. The summed E-state index contributed by atoms with van der Waals surface area (Å²) in [7, 11) is -1.75. The van der Waals surface area contributed by atoms with Crippen LogP contribution in [-0.2, 0) is 14.8 Å². The number of rotatable bonds is 5. The first-order valence-corrected chi connectivity index (χ1v) is 7.34. The number of amidine groups is 1. The lowest BCUT2D eigenvalue weighted by atomic mass is 10.2. The van der Waals surface area contributed by atoms with Gasteiger partial charge < -0.3 is 22.0 Å². The van der Waals surface area contributed by atoms with Crippen LogP contribution in [0.2, 0.25) is 0 Å². The van der Waals surface area contributed by atoms with Crippen molar-refractivity contribution in [3.63, 3.8) is 0 Å². The number of hydrogen-bond donors (Lipinski definition) is 0. The van der Waals surface area contributed by atoms with Crippen molar-refractivity contribution in [1.29, 1.82) is 0 Å². The Kier molecular flexibility index (Phi) is 5.74. The average molecular weight is 316 g/mol. The molecule has 0 aromatic heterocycles. The highest BCUT2D eigenvalue weighted by Gasteiger charge is 2.30. The number of nitrogens with zero attached hydrogens (tertiary/aromatic N) is 2. The lowest BCUT2D eigenvalue weighted by molar-refractivity contribution is -0.00000695. The molecule has 0 saturated carbocycles. The second-order valence-corrected chi connectivity index (χ2v) is 5.74. The molecule has 20 heavy (non-hydrogen) atoms. The summed E-state index contributed by atoms with van der Waals surface area (Å²) in [6, 6.07) is 6.84. The van der Waals surface area contributed by atoms with Crippen LogP contribution in [0.15, 0.2) is 46.2 Å². The van der Waals surface area contributed by atoms with Crippen molar-refractivity contribution in [2.75, 3.05) is 26.8 Å². The molecule has 0 amide bonds. The lowest BCUT2D eigenvalue weighted by Gasteiger charge is -2.18. The minimum absolute atomic E-state index is 0. The minimum atomic E-state index is -3.55. The number of ether oxygens (including phenoxy) is 1. The highest BCUT2D eigenvalue weighted by Crippen LogP contribution is 2.26. The largest absolute Gasteiger partial charge is 1.00 e. The molecule has 0 aliphatic carbocycles. The molecule has 1 aromatic carbocycles. The van der Waals surface area contributed by atoms with E-state index >= 15 is 0 Å². The average Bonchev–Trinajstić information content (AvgIpc) is 2.67. The Morgan fingerprint density at radius 2 is 2.10 bits per heavy atom. The highest BCUT2D eigenvalue weighted by atomic mass is 35.5. The molecule has 0 atom stereocenters. The Hall–Kier alpha value is -1.37. The number of halogens is 1. The zero-order valence-electron chi connectivity index (χ0n) is 11.1. The van der Waals surface area contributed by atoms with Crippen molar-refractivity contribution < 1.29 is 25.6 Å². The third-order valence-corrected chi connectivity index (χ3v) is 4.11. The first-order chi connectivity index (χ1) is 9.06. The molecule has 0 N–H and O–H groups in total. The molecule has 0 unspecified atom stereocenters. The fourth-order valence-electron chi connectivity index (χ4n) is 1.84. The Bertz CT molecular complexity index is 614. The van der Waals surface area contributed by atoms with Gasteiger partial charge in [-0.1, -0.05) is 18.2 Å². The maximum absolute atomic E-state index is 11.9. The second kappa shape index (κ2) is 6.88. The third-order valence-electron chi connectivity index (χ3n) is 2.78. The second-order valence-electron chi connectivity index (χ2n) is 4.17. The molecule has 0 spiro atoms. The molecular weight excluding hydrogens is 300 g/mol. The van der Waals surface area contributed by atoms with Gasteiger partial charge in [0, 0.05) is 19.2 Å². The van der Waals surface area contributed by atoms with Gasteiger partial charge in [-0.05, 0) is 12.1 Å². The molecule has 1 aliphatic heterocycles. The van der Waals surface area contributed by atoms with Crippen molar-refractivity contribution >= 4 is 15.9 Å². The van der Waals surface area contributed by atoms with E-state index in [9.17, 15) is 8.42 Å². The molecule has 1 aromatic rings. The maximum atomic E-state index is 11.9. The van der Waals surface area contributed by atoms with E-state index in [1.807, 2.05) is 0 Å². The van der Waals surface area contributed by atoms with Crippen molar-refractivity contribution in [1.82, 2.24) is 4.90 Å². The van der Waals surface area contributed by atoms with Crippen LogP contribution in [0.3, 0.4) is 0 Å². The van der Waals surface area contributed by atoms with E-state index in [1.165, 1.54) is 0 Å². The molecule has 5 nitrogen and oxygen atoms in total. The Balaban J connectivity index is 0.00000200. The summed E-state index contributed by atoms with van der Waals surface area (Å²) in [6.07, 6.45) is 1.67. The molecule has 1 heterocycles. The Morgan fingerprint density at radius 3 is 2.80 bits per heavy atom. The molecule has 1 aliphatic rings. The minimum Gasteiger partial charge on any atom is -1.00 e. The fourth-order valence-corrected chi connectivity index (χ4v) is 3.09. The van der Waals surface area contributed by atoms with Gasteiger partial charge in [-0.3, -0.25) is 0 Å². The van der Waals surface area contributed by atoms with Crippen LogP contribution in [0.4, 0.5) is 0 Å². The first kappa shape index (κ1) is 16.7. The van der Waals surface area contributed by atoms with Crippen LogP contribution in [0.1, 0.15) is 5.56 Å². The molecule has 0 radical (unpaired) electrons. The van der Waals surface area contributed by atoms with Gasteiger partial charge in [0.1, 0.15) is 4.90 Å². The number of fused-ring (bicyclic) bond motifs is 1. The summed E-state index contributed by atoms with van der Waals surface area (Å²) in [5, 5.41) is 0. The summed E-state index contributed by atoms with van der Waals surface area (Å²) in [5.41, 5.74) is 0.647. The van der Waals surface area contributed by atoms with Crippen molar-refractivity contribution in [3.05, 3.63) is 42.5 Å². The monoisotopic (exact) mass is 315 g/mol.